The van der Waals surface area contributed by atoms with E-state index in [4.69, 9.17) is 9.47 Å². The Bertz CT molecular complexity index is 724. The Labute approximate surface area is 158 Å². The fraction of sp³-hybridized carbons (Fsp3) is 0.400. The van der Waals surface area contributed by atoms with E-state index in [2.05, 4.69) is 15.6 Å². The van der Waals surface area contributed by atoms with Gasteiger partial charge in [-0.2, -0.15) is 0 Å². The number of pyridine rings is 1. The summed E-state index contributed by atoms with van der Waals surface area (Å²) in [5.41, 5.74) is 2.17. The van der Waals surface area contributed by atoms with Gasteiger partial charge in [0.15, 0.2) is 0 Å². The molecule has 0 bridgehead atoms. The highest BCUT2D eigenvalue weighted by Crippen LogP contribution is 2.19. The summed E-state index contributed by atoms with van der Waals surface area (Å²) in [4.78, 5) is 16.1. The van der Waals surface area contributed by atoms with E-state index < -0.39 is 18.3 Å². The summed E-state index contributed by atoms with van der Waals surface area (Å²) in [5.74, 6) is 0.791. The fourth-order valence-corrected chi connectivity index (χ4v) is 3.16. The molecule has 1 aromatic carbocycles. The smallest absolute Gasteiger partial charge is 0.407 e. The summed E-state index contributed by atoms with van der Waals surface area (Å²) in [6.07, 6.45) is 2.95. The standard InChI is InChI=1S/C20H25N3O4/c1-26-16-4-2-15(3-5-16)12-17-19(18(24)13-23-17)27-20(25)22-11-8-14-6-9-21-10-7-14/h2-7,9-10,17-19,23-24H,8,11-13H2,1H3,(H,22,25)/t17-,18?,19+/m1/s1. The summed E-state index contributed by atoms with van der Waals surface area (Å²) < 4.78 is 10.7. The Balaban J connectivity index is 1.49. The Morgan fingerprint density at radius 2 is 1.96 bits per heavy atom. The summed E-state index contributed by atoms with van der Waals surface area (Å²) in [7, 11) is 1.63. The lowest BCUT2D eigenvalue weighted by molar-refractivity contribution is 0.0191. The molecule has 0 saturated carbocycles. The first-order valence-electron chi connectivity index (χ1n) is 9.03. The molecule has 1 aromatic heterocycles. The first-order valence-corrected chi connectivity index (χ1v) is 9.03. The summed E-state index contributed by atoms with van der Waals surface area (Å²) in [5, 5.41) is 16.1. The summed E-state index contributed by atoms with van der Waals surface area (Å²) >= 11 is 0. The fourth-order valence-electron chi connectivity index (χ4n) is 3.16. The maximum absolute atomic E-state index is 12.1. The molecule has 1 fully saturated rings. The number of aliphatic hydroxyl groups is 1. The van der Waals surface area contributed by atoms with Gasteiger partial charge in [-0.3, -0.25) is 4.98 Å². The van der Waals surface area contributed by atoms with Crippen molar-refractivity contribution >= 4 is 6.09 Å². The first kappa shape index (κ1) is 19.1. The minimum Gasteiger partial charge on any atom is -0.497 e. The average Bonchev–Trinajstić information content (AvgIpc) is 3.03. The van der Waals surface area contributed by atoms with E-state index in [0.717, 1.165) is 16.9 Å². The number of hydrogen-bond acceptors (Lipinski definition) is 6. The van der Waals surface area contributed by atoms with Gasteiger partial charge in [0.25, 0.3) is 0 Å². The molecule has 1 unspecified atom stereocenters. The lowest BCUT2D eigenvalue weighted by Gasteiger charge is -2.22. The number of amides is 1. The number of ether oxygens (including phenoxy) is 2. The second-order valence-corrected chi connectivity index (χ2v) is 6.54. The Morgan fingerprint density at radius 1 is 1.22 bits per heavy atom. The number of aromatic nitrogens is 1. The molecule has 0 spiro atoms. The molecular formula is C20H25N3O4. The number of methoxy groups -OCH3 is 1. The Hall–Kier alpha value is -2.64. The zero-order valence-electron chi connectivity index (χ0n) is 15.3. The van der Waals surface area contributed by atoms with Crippen molar-refractivity contribution in [2.24, 2.45) is 0 Å². The number of nitrogens with zero attached hydrogens (tertiary/aromatic N) is 1. The highest BCUT2D eigenvalue weighted by Gasteiger charge is 2.37. The molecule has 1 saturated heterocycles. The molecule has 2 aromatic rings. The Kier molecular flexibility index (Phi) is 6.62. The third-order valence-corrected chi connectivity index (χ3v) is 4.66. The van der Waals surface area contributed by atoms with E-state index in [0.29, 0.717) is 25.9 Å². The molecular weight excluding hydrogens is 346 g/mol. The number of alkyl carbamates (subject to hydrolysis) is 1. The van der Waals surface area contributed by atoms with Crippen molar-refractivity contribution in [1.29, 1.82) is 0 Å². The van der Waals surface area contributed by atoms with Gasteiger partial charge in [0, 0.05) is 25.5 Å². The number of carbonyl (C=O) groups is 1. The van der Waals surface area contributed by atoms with E-state index in [9.17, 15) is 9.90 Å². The van der Waals surface area contributed by atoms with E-state index in [1.807, 2.05) is 36.4 Å². The van der Waals surface area contributed by atoms with Crippen LogP contribution in [0.15, 0.2) is 48.8 Å². The predicted octanol–water partition coefficient (Wildman–Crippen LogP) is 1.30. The molecule has 3 atom stereocenters. The lowest BCUT2D eigenvalue weighted by atomic mass is 10.0. The second-order valence-electron chi connectivity index (χ2n) is 6.54. The topological polar surface area (TPSA) is 92.7 Å². The van der Waals surface area contributed by atoms with Gasteiger partial charge in [0.05, 0.1) is 13.2 Å². The monoisotopic (exact) mass is 371 g/mol. The maximum atomic E-state index is 12.1. The van der Waals surface area contributed by atoms with Gasteiger partial charge in [-0.05, 0) is 48.2 Å². The molecule has 0 aliphatic carbocycles. The van der Waals surface area contributed by atoms with Crippen molar-refractivity contribution in [2.75, 3.05) is 20.2 Å². The van der Waals surface area contributed by atoms with Gasteiger partial charge in [-0.15, -0.1) is 0 Å². The number of rotatable bonds is 7. The Morgan fingerprint density at radius 3 is 2.67 bits per heavy atom. The van der Waals surface area contributed by atoms with Crippen LogP contribution in [-0.2, 0) is 17.6 Å². The highest BCUT2D eigenvalue weighted by atomic mass is 16.6. The normalized spacial score (nSPS) is 21.6. The van der Waals surface area contributed by atoms with Crippen molar-refractivity contribution in [3.63, 3.8) is 0 Å². The van der Waals surface area contributed by atoms with Gasteiger partial charge < -0.3 is 25.2 Å². The van der Waals surface area contributed by atoms with E-state index in [1.54, 1.807) is 19.5 Å². The molecule has 1 aliphatic heterocycles. The average molecular weight is 371 g/mol. The van der Waals surface area contributed by atoms with Crippen LogP contribution in [0, 0.1) is 0 Å². The van der Waals surface area contributed by atoms with Crippen molar-refractivity contribution in [1.82, 2.24) is 15.6 Å². The summed E-state index contributed by atoms with van der Waals surface area (Å²) in [6.45, 7) is 0.859. The van der Waals surface area contributed by atoms with Crippen LogP contribution < -0.4 is 15.4 Å². The van der Waals surface area contributed by atoms with Crippen LogP contribution in [0.2, 0.25) is 0 Å². The minimum absolute atomic E-state index is 0.139. The SMILES string of the molecule is COc1ccc(C[C@H]2NCC(O)[C@H]2OC(=O)NCCc2ccncc2)cc1. The molecule has 1 amide bonds. The zero-order chi connectivity index (χ0) is 19.1. The number of carbonyl (C=O) groups excluding carboxylic acids is 1. The van der Waals surface area contributed by atoms with Crippen LogP contribution >= 0.6 is 0 Å². The number of aliphatic hydroxyl groups excluding tert-OH is 1. The quantitative estimate of drug-likeness (QED) is 0.680. The molecule has 7 nitrogen and oxygen atoms in total. The third kappa shape index (κ3) is 5.42. The maximum Gasteiger partial charge on any atom is 0.407 e. The van der Waals surface area contributed by atoms with Gasteiger partial charge in [0.2, 0.25) is 0 Å². The van der Waals surface area contributed by atoms with Crippen molar-refractivity contribution < 1.29 is 19.4 Å². The second kappa shape index (κ2) is 9.34. The highest BCUT2D eigenvalue weighted by molar-refractivity contribution is 5.67. The molecule has 0 radical (unpaired) electrons. The van der Waals surface area contributed by atoms with Gasteiger partial charge in [-0.1, -0.05) is 12.1 Å². The van der Waals surface area contributed by atoms with Crippen LogP contribution in [0.3, 0.4) is 0 Å². The molecule has 3 N–H and O–H groups in total. The first-order chi connectivity index (χ1) is 13.2. The van der Waals surface area contributed by atoms with Crippen molar-refractivity contribution in [2.45, 2.75) is 31.1 Å². The zero-order valence-corrected chi connectivity index (χ0v) is 15.3. The van der Waals surface area contributed by atoms with Gasteiger partial charge in [-0.25, -0.2) is 4.79 Å². The molecule has 7 heteroatoms. The van der Waals surface area contributed by atoms with Crippen LogP contribution in [0.4, 0.5) is 4.79 Å². The van der Waals surface area contributed by atoms with Crippen LogP contribution in [0.1, 0.15) is 11.1 Å². The molecule has 2 heterocycles. The minimum atomic E-state index is -0.723. The third-order valence-electron chi connectivity index (χ3n) is 4.66. The number of benzene rings is 1. The molecule has 3 rings (SSSR count). The van der Waals surface area contributed by atoms with Crippen molar-refractivity contribution in [3.05, 3.63) is 59.9 Å². The summed E-state index contributed by atoms with van der Waals surface area (Å²) in [6, 6.07) is 11.4. The van der Waals surface area contributed by atoms with E-state index in [-0.39, 0.29) is 6.04 Å². The van der Waals surface area contributed by atoms with Gasteiger partial charge in [0.1, 0.15) is 18.0 Å². The molecule has 27 heavy (non-hydrogen) atoms. The van der Waals surface area contributed by atoms with E-state index >= 15 is 0 Å². The van der Waals surface area contributed by atoms with E-state index in [1.165, 1.54) is 0 Å². The van der Waals surface area contributed by atoms with Crippen LogP contribution in [0.25, 0.3) is 0 Å². The number of β-amino-alcohol motifs (C(OH)–C–C–N with tert-alkyl or cyclic N) is 1. The van der Waals surface area contributed by atoms with Crippen LogP contribution in [-0.4, -0.2) is 54.6 Å². The van der Waals surface area contributed by atoms with Crippen molar-refractivity contribution in [3.8, 4) is 5.75 Å². The molecule has 1 aliphatic rings. The van der Waals surface area contributed by atoms with Gasteiger partial charge >= 0.3 is 6.09 Å². The predicted molar refractivity (Wildman–Crippen MR) is 101 cm³/mol. The molecule has 144 valence electrons. The van der Waals surface area contributed by atoms with Crippen LogP contribution in [0.5, 0.6) is 5.75 Å². The largest absolute Gasteiger partial charge is 0.497 e. The lowest BCUT2D eigenvalue weighted by Crippen LogP contribution is -2.41. The number of nitrogens with one attached hydrogen (secondary N) is 2. The number of hydrogen-bond donors (Lipinski definition) is 3.